The van der Waals surface area contributed by atoms with Gasteiger partial charge in [0.1, 0.15) is 6.33 Å². The number of hydrogen-bond acceptors (Lipinski definition) is 3. The van der Waals surface area contributed by atoms with Crippen molar-refractivity contribution in [2.75, 3.05) is 14.1 Å². The second-order valence-corrected chi connectivity index (χ2v) is 5.36. The van der Waals surface area contributed by atoms with Crippen LogP contribution in [0.3, 0.4) is 0 Å². The normalized spacial score (nSPS) is 11.5. The van der Waals surface area contributed by atoms with E-state index in [1.165, 1.54) is 0 Å². The predicted molar refractivity (Wildman–Crippen MR) is 88.8 cm³/mol. The summed E-state index contributed by atoms with van der Waals surface area (Å²) in [6.45, 7) is 4.22. The number of nitrogens with zero attached hydrogens (tertiary/aromatic N) is 5. The second-order valence-electron chi connectivity index (χ2n) is 4.92. The van der Waals surface area contributed by atoms with Crippen LogP contribution in [-0.4, -0.2) is 39.7 Å². The largest absolute Gasteiger partial charge is 0.349 e. The molecule has 0 saturated carbocycles. The molecular formula is C15H21ClN6. The van der Waals surface area contributed by atoms with Gasteiger partial charge in [0.2, 0.25) is 0 Å². The number of rotatable bonds is 5. The van der Waals surface area contributed by atoms with Gasteiger partial charge < -0.3 is 14.8 Å². The Hall–Kier alpha value is -2.08. The van der Waals surface area contributed by atoms with E-state index in [-0.39, 0.29) is 0 Å². The fourth-order valence-corrected chi connectivity index (χ4v) is 2.42. The summed E-state index contributed by atoms with van der Waals surface area (Å²) >= 11 is 6.02. The van der Waals surface area contributed by atoms with Crippen LogP contribution in [0, 0.1) is 0 Å². The molecule has 1 aromatic heterocycles. The summed E-state index contributed by atoms with van der Waals surface area (Å²) in [5, 5.41) is 12.1. The summed E-state index contributed by atoms with van der Waals surface area (Å²) < 4.78 is 2.00. The Labute approximate surface area is 135 Å². The lowest BCUT2D eigenvalue weighted by atomic mass is 10.2. The van der Waals surface area contributed by atoms with E-state index >= 15 is 0 Å². The highest BCUT2D eigenvalue weighted by molar-refractivity contribution is 6.30. The molecule has 1 N–H and O–H groups in total. The fraction of sp³-hybridized carbons (Fsp3) is 0.400. The number of benzene rings is 1. The Morgan fingerprint density at radius 2 is 2.27 bits per heavy atom. The van der Waals surface area contributed by atoms with E-state index in [0.29, 0.717) is 6.54 Å². The first-order valence-corrected chi connectivity index (χ1v) is 7.54. The average molecular weight is 321 g/mol. The molecule has 0 atom stereocenters. The molecule has 6 nitrogen and oxygen atoms in total. The van der Waals surface area contributed by atoms with Gasteiger partial charge in [0.15, 0.2) is 11.8 Å². The molecule has 118 valence electrons. The van der Waals surface area contributed by atoms with Crippen molar-refractivity contribution < 1.29 is 0 Å². The van der Waals surface area contributed by atoms with E-state index < -0.39 is 0 Å². The number of aryl methyl sites for hydroxylation is 1. The Kier molecular flexibility index (Phi) is 5.77. The van der Waals surface area contributed by atoms with Gasteiger partial charge in [-0.25, -0.2) is 0 Å². The molecule has 0 radical (unpaired) electrons. The van der Waals surface area contributed by atoms with Crippen molar-refractivity contribution in [3.05, 3.63) is 47.0 Å². The topological polar surface area (TPSA) is 58.3 Å². The van der Waals surface area contributed by atoms with E-state index in [0.717, 1.165) is 35.5 Å². The average Bonchev–Trinajstić information content (AvgIpc) is 2.95. The number of nitrogens with one attached hydrogen (secondary N) is 1. The smallest absolute Gasteiger partial charge is 0.194 e. The molecule has 0 aliphatic rings. The number of guanidine groups is 1. The molecule has 0 saturated heterocycles. The summed E-state index contributed by atoms with van der Waals surface area (Å²) in [4.78, 5) is 6.34. The van der Waals surface area contributed by atoms with Crippen molar-refractivity contribution in [3.8, 4) is 0 Å². The van der Waals surface area contributed by atoms with E-state index in [4.69, 9.17) is 11.6 Å². The zero-order valence-electron chi connectivity index (χ0n) is 13.1. The van der Waals surface area contributed by atoms with E-state index in [2.05, 4.69) is 27.4 Å². The molecule has 0 fully saturated rings. The standard InChI is InChI=1S/C15H21ClN6/c1-4-22-11-19-20-14(22)9-18-15(17-2)21(3)10-12-6-5-7-13(16)8-12/h5-8,11H,4,9-10H2,1-3H3,(H,17,18). The molecule has 7 heteroatoms. The third kappa shape index (κ3) is 4.21. The quantitative estimate of drug-likeness (QED) is 0.677. The Morgan fingerprint density at radius 1 is 1.45 bits per heavy atom. The summed E-state index contributed by atoms with van der Waals surface area (Å²) in [5.41, 5.74) is 1.13. The lowest BCUT2D eigenvalue weighted by Gasteiger charge is -2.22. The van der Waals surface area contributed by atoms with E-state index in [1.54, 1.807) is 13.4 Å². The molecule has 2 aromatic rings. The summed E-state index contributed by atoms with van der Waals surface area (Å²) in [7, 11) is 3.75. The third-order valence-electron chi connectivity index (χ3n) is 3.32. The van der Waals surface area contributed by atoms with E-state index in [9.17, 15) is 0 Å². The van der Waals surface area contributed by atoms with Gasteiger partial charge in [0.25, 0.3) is 0 Å². The lowest BCUT2D eigenvalue weighted by molar-refractivity contribution is 0.474. The van der Waals surface area contributed by atoms with Crippen LogP contribution in [0.4, 0.5) is 0 Å². The predicted octanol–water partition coefficient (Wildman–Crippen LogP) is 2.16. The maximum Gasteiger partial charge on any atom is 0.194 e. The molecule has 0 aliphatic heterocycles. The van der Waals surface area contributed by atoms with Crippen molar-refractivity contribution >= 4 is 17.6 Å². The molecule has 2 rings (SSSR count). The lowest BCUT2D eigenvalue weighted by Crippen LogP contribution is -2.38. The number of aliphatic imine (C=N–C) groups is 1. The molecule has 22 heavy (non-hydrogen) atoms. The van der Waals surface area contributed by atoms with Crippen LogP contribution in [0.2, 0.25) is 5.02 Å². The minimum Gasteiger partial charge on any atom is -0.349 e. The first kappa shape index (κ1) is 16.3. The van der Waals surface area contributed by atoms with Crippen molar-refractivity contribution in [1.29, 1.82) is 0 Å². The number of halogens is 1. The van der Waals surface area contributed by atoms with Gasteiger partial charge in [0, 0.05) is 32.2 Å². The second kappa shape index (κ2) is 7.79. The summed E-state index contributed by atoms with van der Waals surface area (Å²) in [5.74, 6) is 1.69. The van der Waals surface area contributed by atoms with Crippen molar-refractivity contribution in [3.63, 3.8) is 0 Å². The molecule has 0 spiro atoms. The Morgan fingerprint density at radius 3 is 2.95 bits per heavy atom. The maximum atomic E-state index is 6.02. The van der Waals surface area contributed by atoms with Gasteiger partial charge in [-0.3, -0.25) is 4.99 Å². The Balaban J connectivity index is 1.96. The molecule has 0 amide bonds. The summed E-state index contributed by atoms with van der Waals surface area (Å²) in [6.07, 6.45) is 1.73. The molecule has 0 aliphatic carbocycles. The van der Waals surface area contributed by atoms with Gasteiger partial charge in [0.05, 0.1) is 6.54 Å². The van der Waals surface area contributed by atoms with Crippen LogP contribution in [0.1, 0.15) is 18.3 Å². The van der Waals surface area contributed by atoms with Gasteiger partial charge in [-0.15, -0.1) is 10.2 Å². The molecule has 1 heterocycles. The zero-order chi connectivity index (χ0) is 15.9. The van der Waals surface area contributed by atoms with Crippen LogP contribution in [0.5, 0.6) is 0 Å². The molecular weight excluding hydrogens is 300 g/mol. The summed E-state index contributed by atoms with van der Waals surface area (Å²) in [6, 6.07) is 7.82. The number of aromatic nitrogens is 3. The molecule has 1 aromatic carbocycles. The fourth-order valence-electron chi connectivity index (χ4n) is 2.21. The van der Waals surface area contributed by atoms with Crippen LogP contribution >= 0.6 is 11.6 Å². The van der Waals surface area contributed by atoms with Gasteiger partial charge in [-0.2, -0.15) is 0 Å². The van der Waals surface area contributed by atoms with Crippen molar-refractivity contribution in [1.82, 2.24) is 25.0 Å². The number of hydrogen-bond donors (Lipinski definition) is 1. The zero-order valence-corrected chi connectivity index (χ0v) is 13.9. The Bertz CT molecular complexity index is 636. The minimum absolute atomic E-state index is 0.584. The highest BCUT2D eigenvalue weighted by Gasteiger charge is 2.09. The van der Waals surface area contributed by atoms with Crippen LogP contribution in [0.25, 0.3) is 0 Å². The van der Waals surface area contributed by atoms with Gasteiger partial charge in [-0.1, -0.05) is 23.7 Å². The van der Waals surface area contributed by atoms with Gasteiger partial charge >= 0.3 is 0 Å². The SMILES string of the molecule is CCn1cnnc1CNC(=NC)N(C)Cc1cccc(Cl)c1. The van der Waals surface area contributed by atoms with Gasteiger partial charge in [-0.05, 0) is 24.6 Å². The third-order valence-corrected chi connectivity index (χ3v) is 3.56. The maximum absolute atomic E-state index is 6.02. The highest BCUT2D eigenvalue weighted by Crippen LogP contribution is 2.12. The molecule has 0 unspecified atom stereocenters. The minimum atomic E-state index is 0.584. The first-order valence-electron chi connectivity index (χ1n) is 7.17. The van der Waals surface area contributed by atoms with Crippen molar-refractivity contribution in [2.24, 2.45) is 4.99 Å². The van der Waals surface area contributed by atoms with Crippen LogP contribution in [-0.2, 0) is 19.6 Å². The monoisotopic (exact) mass is 320 g/mol. The van der Waals surface area contributed by atoms with Crippen LogP contribution in [0.15, 0.2) is 35.6 Å². The van der Waals surface area contributed by atoms with Crippen molar-refractivity contribution in [2.45, 2.75) is 26.6 Å². The highest BCUT2D eigenvalue weighted by atomic mass is 35.5. The first-order chi connectivity index (χ1) is 10.6. The van der Waals surface area contributed by atoms with E-state index in [1.807, 2.05) is 40.8 Å². The molecule has 0 bridgehead atoms. The van der Waals surface area contributed by atoms with Crippen LogP contribution < -0.4 is 5.32 Å².